The molecule has 1 aliphatic rings. The molecule has 0 saturated carbocycles. The number of ether oxygens (including phenoxy) is 1. The Morgan fingerprint density at radius 1 is 1.43 bits per heavy atom. The average molecular weight is 198 g/mol. The molecule has 1 aromatic carbocycles. The van der Waals surface area contributed by atoms with Crippen LogP contribution in [0.5, 0.6) is 0 Å². The second-order valence-corrected chi connectivity index (χ2v) is 2.82. The first-order chi connectivity index (χ1) is 6.72. The predicted octanol–water partition coefficient (Wildman–Crippen LogP) is 2.07. The van der Waals surface area contributed by atoms with E-state index in [9.17, 15) is 8.78 Å². The Morgan fingerprint density at radius 2 is 2.21 bits per heavy atom. The van der Waals surface area contributed by atoms with Gasteiger partial charge in [0.25, 0.3) is 0 Å². The van der Waals surface area contributed by atoms with Crippen LogP contribution in [0, 0.1) is 11.6 Å². The third-order valence-corrected chi connectivity index (χ3v) is 1.97. The predicted molar refractivity (Wildman–Crippen MR) is 49.0 cm³/mol. The number of rotatable bonds is 0. The van der Waals surface area contributed by atoms with Crippen molar-refractivity contribution in [1.29, 1.82) is 0 Å². The highest BCUT2D eigenvalue weighted by Gasteiger charge is 2.17. The number of hydrogen-bond donors (Lipinski definition) is 1. The number of nitrogens with zero attached hydrogens (tertiary/aromatic N) is 1. The molecule has 2 rings (SSSR count). The van der Waals surface area contributed by atoms with E-state index in [2.05, 4.69) is 10.3 Å². The minimum absolute atomic E-state index is 0.0887. The van der Waals surface area contributed by atoms with Crippen LogP contribution in [-0.2, 0) is 4.74 Å². The molecular weight excluding hydrogens is 190 g/mol. The highest BCUT2D eigenvalue weighted by molar-refractivity contribution is 5.89. The summed E-state index contributed by atoms with van der Waals surface area (Å²) < 4.78 is 30.8. The van der Waals surface area contributed by atoms with E-state index in [4.69, 9.17) is 4.74 Å². The van der Waals surface area contributed by atoms with Gasteiger partial charge in [-0.15, -0.1) is 0 Å². The summed E-state index contributed by atoms with van der Waals surface area (Å²) in [5.74, 6) is -1.34. The maximum absolute atomic E-state index is 13.2. The number of benzene rings is 1. The van der Waals surface area contributed by atoms with Gasteiger partial charge in [-0.1, -0.05) is 0 Å². The first-order valence-electron chi connectivity index (χ1n) is 4.06. The summed E-state index contributed by atoms with van der Waals surface area (Å²) in [5.41, 5.74) is 0.442. The first-order valence-corrected chi connectivity index (χ1v) is 4.06. The van der Waals surface area contributed by atoms with E-state index in [1.54, 1.807) is 0 Å². The average Bonchev–Trinajstić information content (AvgIpc) is 2.23. The van der Waals surface area contributed by atoms with Crippen LogP contribution in [0.4, 0.5) is 20.2 Å². The van der Waals surface area contributed by atoms with Crippen molar-refractivity contribution in [3.8, 4) is 0 Å². The summed E-state index contributed by atoms with van der Waals surface area (Å²) >= 11 is 0. The first kappa shape index (κ1) is 8.93. The summed E-state index contributed by atoms with van der Waals surface area (Å²) in [7, 11) is 1.48. The van der Waals surface area contributed by atoms with Gasteiger partial charge in [-0.3, -0.25) is 0 Å². The molecule has 0 amide bonds. The minimum atomic E-state index is -0.901. The largest absolute Gasteiger partial charge is 0.483 e. The molecule has 0 unspecified atom stereocenters. The number of hydrogen-bond acceptors (Lipinski definition) is 3. The van der Waals surface area contributed by atoms with Gasteiger partial charge in [0, 0.05) is 0 Å². The van der Waals surface area contributed by atoms with Gasteiger partial charge in [-0.25, -0.2) is 13.8 Å². The van der Waals surface area contributed by atoms with Gasteiger partial charge in [0.2, 0.25) is 5.90 Å². The van der Waals surface area contributed by atoms with Crippen molar-refractivity contribution < 1.29 is 13.5 Å². The summed E-state index contributed by atoms with van der Waals surface area (Å²) in [5, 5.41) is 2.70. The zero-order chi connectivity index (χ0) is 10.1. The monoisotopic (exact) mass is 198 g/mol. The minimum Gasteiger partial charge on any atom is -0.483 e. The number of methoxy groups -OCH3 is 1. The highest BCUT2D eigenvalue weighted by atomic mass is 19.2. The maximum atomic E-state index is 13.2. The van der Waals surface area contributed by atoms with Gasteiger partial charge in [0.15, 0.2) is 11.6 Å². The van der Waals surface area contributed by atoms with E-state index >= 15 is 0 Å². The maximum Gasteiger partial charge on any atom is 0.208 e. The van der Waals surface area contributed by atoms with Crippen molar-refractivity contribution in [1.82, 2.24) is 0 Å². The second-order valence-electron chi connectivity index (χ2n) is 2.82. The fraction of sp³-hybridized carbons (Fsp3) is 0.222. The van der Waals surface area contributed by atoms with E-state index in [-0.39, 0.29) is 12.2 Å². The molecule has 0 atom stereocenters. The van der Waals surface area contributed by atoms with Crippen molar-refractivity contribution in [2.45, 2.75) is 0 Å². The molecule has 74 valence electrons. The fourth-order valence-electron chi connectivity index (χ4n) is 1.26. The van der Waals surface area contributed by atoms with Gasteiger partial charge in [0.1, 0.15) is 5.69 Å². The summed E-state index contributed by atoms with van der Waals surface area (Å²) in [6.07, 6.45) is 0. The zero-order valence-electron chi connectivity index (χ0n) is 7.47. The van der Waals surface area contributed by atoms with Crippen molar-refractivity contribution in [3.05, 3.63) is 23.8 Å². The van der Waals surface area contributed by atoms with Crippen LogP contribution in [0.1, 0.15) is 0 Å². The Hall–Kier alpha value is -1.65. The molecule has 0 fully saturated rings. The van der Waals surface area contributed by atoms with E-state index in [1.165, 1.54) is 13.2 Å². The Balaban J connectivity index is 2.51. The Morgan fingerprint density at radius 3 is 2.93 bits per heavy atom. The lowest BCUT2D eigenvalue weighted by atomic mass is 10.2. The summed E-state index contributed by atoms with van der Waals surface area (Å²) in [4.78, 5) is 3.99. The standard InChI is InChI=1S/C9H8F2N2O/c1-14-7-4-12-9-6(13-7)3-2-5(10)8(9)11/h2-3,12H,4H2,1H3. The fourth-order valence-corrected chi connectivity index (χ4v) is 1.26. The normalized spacial score (nSPS) is 14.1. The lowest BCUT2D eigenvalue weighted by molar-refractivity contribution is 0.396. The number of halogens is 2. The quantitative estimate of drug-likeness (QED) is 0.692. The van der Waals surface area contributed by atoms with E-state index in [0.717, 1.165) is 6.07 Å². The molecule has 5 heteroatoms. The zero-order valence-corrected chi connectivity index (χ0v) is 7.47. The van der Waals surface area contributed by atoms with Crippen LogP contribution in [0.15, 0.2) is 17.1 Å². The van der Waals surface area contributed by atoms with Gasteiger partial charge >= 0.3 is 0 Å². The molecule has 1 aromatic rings. The molecule has 0 aromatic heterocycles. The van der Waals surface area contributed by atoms with Crippen LogP contribution in [-0.4, -0.2) is 19.6 Å². The SMILES string of the molecule is COC1=Nc2ccc(F)c(F)c2NC1. The topological polar surface area (TPSA) is 33.6 Å². The van der Waals surface area contributed by atoms with Gasteiger partial charge in [-0.05, 0) is 12.1 Å². The third-order valence-electron chi connectivity index (χ3n) is 1.97. The van der Waals surface area contributed by atoms with Crippen LogP contribution in [0.2, 0.25) is 0 Å². The van der Waals surface area contributed by atoms with Crippen LogP contribution in [0.3, 0.4) is 0 Å². The molecule has 3 nitrogen and oxygen atoms in total. The summed E-state index contributed by atoms with van der Waals surface area (Å²) in [6, 6.07) is 2.44. The molecule has 0 saturated heterocycles. The van der Waals surface area contributed by atoms with Crippen molar-refractivity contribution >= 4 is 17.3 Å². The van der Waals surface area contributed by atoms with Crippen molar-refractivity contribution in [3.63, 3.8) is 0 Å². The Bertz CT molecular complexity index is 404. The van der Waals surface area contributed by atoms with Crippen molar-refractivity contribution in [2.24, 2.45) is 4.99 Å². The highest BCUT2D eigenvalue weighted by Crippen LogP contribution is 2.31. The lowest BCUT2D eigenvalue weighted by Crippen LogP contribution is -2.20. The number of aliphatic imine (C=N–C) groups is 1. The molecule has 0 aliphatic carbocycles. The number of fused-ring (bicyclic) bond motifs is 1. The van der Waals surface area contributed by atoms with Gasteiger partial charge < -0.3 is 10.1 Å². The molecule has 0 bridgehead atoms. The van der Waals surface area contributed by atoms with Crippen LogP contribution >= 0.6 is 0 Å². The second kappa shape index (κ2) is 3.25. The molecule has 1 aliphatic heterocycles. The van der Waals surface area contributed by atoms with E-state index in [1.807, 2.05) is 0 Å². The van der Waals surface area contributed by atoms with Gasteiger partial charge in [-0.2, -0.15) is 0 Å². The third kappa shape index (κ3) is 1.30. The van der Waals surface area contributed by atoms with E-state index in [0.29, 0.717) is 11.6 Å². The van der Waals surface area contributed by atoms with Crippen LogP contribution < -0.4 is 5.32 Å². The molecule has 0 spiro atoms. The van der Waals surface area contributed by atoms with Crippen molar-refractivity contribution in [2.75, 3.05) is 19.0 Å². The van der Waals surface area contributed by atoms with Crippen LogP contribution in [0.25, 0.3) is 0 Å². The van der Waals surface area contributed by atoms with E-state index < -0.39 is 11.6 Å². The number of anilines is 1. The molecule has 0 radical (unpaired) electrons. The molecular formula is C9H8F2N2O. The lowest BCUT2D eigenvalue weighted by Gasteiger charge is -2.16. The number of nitrogens with one attached hydrogen (secondary N) is 1. The Labute approximate surface area is 79.4 Å². The molecule has 14 heavy (non-hydrogen) atoms. The van der Waals surface area contributed by atoms with Gasteiger partial charge in [0.05, 0.1) is 19.3 Å². The molecule has 1 heterocycles. The Kier molecular flexibility index (Phi) is 2.07. The smallest absolute Gasteiger partial charge is 0.208 e. The summed E-state index contributed by atoms with van der Waals surface area (Å²) in [6.45, 7) is 0.268. The molecule has 1 N–H and O–H groups in total.